The standard InChI is InChI=1S/2C18H30O3S.Mg.H3N/c2*1-2-3-4-5-6-7-8-9-10-14-17-21-22(19,20)18-15-12-11-13-16-18;;/h2*11-13,15-16H,2-10,14,17H2,1H3;;1H3/q;;+2;. The Bertz CT molecular complexity index is 1040. The van der Waals surface area contributed by atoms with Crippen molar-refractivity contribution in [2.24, 2.45) is 0 Å². The van der Waals surface area contributed by atoms with Gasteiger partial charge in [0.1, 0.15) is 0 Å². The van der Waals surface area contributed by atoms with Crippen LogP contribution in [0.5, 0.6) is 0 Å². The fourth-order valence-electron chi connectivity index (χ4n) is 4.83. The van der Waals surface area contributed by atoms with Crippen LogP contribution in [0.1, 0.15) is 142 Å². The molecule has 0 aromatic heterocycles. The van der Waals surface area contributed by atoms with Gasteiger partial charge in [0.25, 0.3) is 20.2 Å². The molecule has 0 saturated heterocycles. The molecule has 0 saturated carbocycles. The van der Waals surface area contributed by atoms with Crippen molar-refractivity contribution in [1.29, 1.82) is 0 Å². The van der Waals surface area contributed by atoms with Gasteiger partial charge in [-0.15, -0.1) is 0 Å². The molecule has 0 radical (unpaired) electrons. The first kappa shape index (κ1) is 47.1. The van der Waals surface area contributed by atoms with E-state index in [1.807, 2.05) is 0 Å². The van der Waals surface area contributed by atoms with Crippen LogP contribution in [0.2, 0.25) is 0 Å². The molecule has 0 unspecified atom stereocenters. The maximum absolute atomic E-state index is 11.9. The first-order valence-corrected chi connectivity index (χ1v) is 20.0. The summed E-state index contributed by atoms with van der Waals surface area (Å²) in [6, 6.07) is 16.7. The van der Waals surface area contributed by atoms with Crippen LogP contribution < -0.4 is 6.15 Å². The Morgan fingerprint density at radius 2 is 0.652 bits per heavy atom. The van der Waals surface area contributed by atoms with Gasteiger partial charge in [0, 0.05) is 0 Å². The fourth-order valence-corrected chi connectivity index (χ4v) is 6.75. The zero-order valence-electron chi connectivity index (χ0n) is 29.0. The second-order valence-electron chi connectivity index (χ2n) is 11.5. The molecular weight excluding hydrogens is 631 g/mol. The number of hydrogen-bond donors (Lipinski definition) is 1. The molecule has 3 N–H and O–H groups in total. The van der Waals surface area contributed by atoms with E-state index >= 15 is 0 Å². The molecular formula is C36H63MgNO6S2+2. The van der Waals surface area contributed by atoms with Gasteiger partial charge in [-0.05, 0) is 37.1 Å². The minimum atomic E-state index is -3.57. The zero-order valence-corrected chi connectivity index (χ0v) is 32.1. The molecule has 0 spiro atoms. The predicted octanol–water partition coefficient (Wildman–Crippen LogP) is 10.4. The smallest absolute Gasteiger partial charge is 0.344 e. The minimum absolute atomic E-state index is 0. The van der Waals surface area contributed by atoms with Crippen LogP contribution in [0.15, 0.2) is 70.5 Å². The average Bonchev–Trinajstić information content (AvgIpc) is 3.03. The maximum Gasteiger partial charge on any atom is 2.00 e. The summed E-state index contributed by atoms with van der Waals surface area (Å²) in [5.41, 5.74) is 0. The van der Waals surface area contributed by atoms with E-state index in [4.69, 9.17) is 8.37 Å². The summed E-state index contributed by atoms with van der Waals surface area (Å²) >= 11 is 0. The summed E-state index contributed by atoms with van der Waals surface area (Å²) in [5, 5.41) is 0. The first-order valence-electron chi connectivity index (χ1n) is 17.2. The van der Waals surface area contributed by atoms with Crippen molar-refractivity contribution in [2.45, 2.75) is 152 Å². The van der Waals surface area contributed by atoms with Gasteiger partial charge in [-0.25, -0.2) is 0 Å². The van der Waals surface area contributed by atoms with Crippen molar-refractivity contribution < 1.29 is 25.2 Å². The van der Waals surface area contributed by atoms with Gasteiger partial charge in [0.15, 0.2) is 0 Å². The molecule has 0 amide bonds. The van der Waals surface area contributed by atoms with Crippen molar-refractivity contribution >= 4 is 43.3 Å². The molecule has 10 heteroatoms. The van der Waals surface area contributed by atoms with E-state index in [0.29, 0.717) is 0 Å². The van der Waals surface area contributed by atoms with Gasteiger partial charge in [0.05, 0.1) is 23.0 Å². The van der Waals surface area contributed by atoms with Gasteiger partial charge in [-0.2, -0.15) is 16.8 Å². The molecule has 0 aliphatic carbocycles. The topological polar surface area (TPSA) is 122 Å². The van der Waals surface area contributed by atoms with E-state index in [1.165, 1.54) is 103 Å². The molecule has 2 rings (SSSR count). The third-order valence-corrected chi connectivity index (χ3v) is 10.2. The van der Waals surface area contributed by atoms with E-state index < -0.39 is 20.2 Å². The van der Waals surface area contributed by atoms with Crippen LogP contribution in [0.3, 0.4) is 0 Å². The molecule has 0 aliphatic heterocycles. The average molecular weight is 694 g/mol. The molecule has 0 bridgehead atoms. The molecule has 0 atom stereocenters. The monoisotopic (exact) mass is 693 g/mol. The largest absolute Gasteiger partial charge is 2.00 e. The van der Waals surface area contributed by atoms with Gasteiger partial charge < -0.3 is 6.15 Å². The Morgan fingerprint density at radius 3 is 0.913 bits per heavy atom. The van der Waals surface area contributed by atoms with Crippen molar-refractivity contribution in [2.75, 3.05) is 13.2 Å². The molecule has 2 aromatic rings. The van der Waals surface area contributed by atoms with Crippen molar-refractivity contribution in [3.8, 4) is 0 Å². The van der Waals surface area contributed by atoms with Crippen LogP contribution in [0, 0.1) is 0 Å². The van der Waals surface area contributed by atoms with Crippen LogP contribution in [-0.4, -0.2) is 53.1 Å². The summed E-state index contributed by atoms with van der Waals surface area (Å²) in [6.07, 6.45) is 24.5. The number of unbranched alkanes of at least 4 members (excludes halogenated alkanes) is 18. The summed E-state index contributed by atoms with van der Waals surface area (Å²) < 4.78 is 57.6. The molecule has 260 valence electrons. The Balaban J connectivity index is 0. The molecule has 0 fully saturated rings. The number of rotatable bonds is 26. The fraction of sp³-hybridized carbons (Fsp3) is 0.667. The third kappa shape index (κ3) is 25.1. The molecule has 46 heavy (non-hydrogen) atoms. The Kier molecular flexibility index (Phi) is 32.0. The van der Waals surface area contributed by atoms with E-state index in [1.54, 1.807) is 60.7 Å². The van der Waals surface area contributed by atoms with Crippen molar-refractivity contribution in [3.05, 3.63) is 60.7 Å². The first-order chi connectivity index (χ1) is 21.3. The SMILES string of the molecule is CCCCCCCCCCCCOS(=O)(=O)c1ccccc1.CCCCCCCCCCCCOS(=O)(=O)c1ccccc1.N.[Mg+2]. The Labute approximate surface area is 299 Å². The van der Waals surface area contributed by atoms with Gasteiger partial charge >= 0.3 is 23.1 Å². The van der Waals surface area contributed by atoms with E-state index in [2.05, 4.69) is 13.8 Å². The second kappa shape index (κ2) is 31.3. The van der Waals surface area contributed by atoms with Crippen LogP contribution in [-0.2, 0) is 28.6 Å². The Hall–Kier alpha value is -1.01. The summed E-state index contributed by atoms with van der Waals surface area (Å²) in [7, 11) is -7.14. The molecule has 0 heterocycles. The summed E-state index contributed by atoms with van der Waals surface area (Å²) in [6.45, 7) is 5.04. The van der Waals surface area contributed by atoms with E-state index in [9.17, 15) is 16.8 Å². The Morgan fingerprint density at radius 1 is 0.413 bits per heavy atom. The normalized spacial score (nSPS) is 11.2. The van der Waals surface area contributed by atoms with E-state index in [0.717, 1.165) is 25.7 Å². The zero-order chi connectivity index (χ0) is 32.2. The van der Waals surface area contributed by atoms with Crippen LogP contribution in [0.4, 0.5) is 0 Å². The van der Waals surface area contributed by atoms with Crippen LogP contribution in [0.25, 0.3) is 0 Å². The molecule has 0 aliphatic rings. The van der Waals surface area contributed by atoms with Gasteiger partial charge in [-0.3, -0.25) is 8.37 Å². The predicted molar refractivity (Wildman–Crippen MR) is 194 cm³/mol. The summed E-state index contributed by atoms with van der Waals surface area (Å²) in [5.74, 6) is 0. The second-order valence-corrected chi connectivity index (χ2v) is 14.8. The van der Waals surface area contributed by atoms with Crippen LogP contribution >= 0.6 is 0 Å². The van der Waals surface area contributed by atoms with Gasteiger partial charge in [0.2, 0.25) is 0 Å². The van der Waals surface area contributed by atoms with Crippen molar-refractivity contribution in [3.63, 3.8) is 0 Å². The summed E-state index contributed by atoms with van der Waals surface area (Å²) in [4.78, 5) is 0.476. The molecule has 7 nitrogen and oxygen atoms in total. The quantitative estimate of drug-likeness (QED) is 0.0591. The van der Waals surface area contributed by atoms with Crippen molar-refractivity contribution in [1.82, 2.24) is 6.15 Å². The van der Waals surface area contributed by atoms with E-state index in [-0.39, 0.29) is 52.2 Å². The molecule has 2 aromatic carbocycles. The maximum atomic E-state index is 11.9. The van der Waals surface area contributed by atoms with Gasteiger partial charge in [-0.1, -0.05) is 166 Å². The third-order valence-electron chi connectivity index (χ3n) is 7.54. The minimum Gasteiger partial charge on any atom is -0.344 e. The number of hydrogen-bond acceptors (Lipinski definition) is 7. The number of benzene rings is 2.